The van der Waals surface area contributed by atoms with Crippen molar-refractivity contribution >= 4 is 29.5 Å². The van der Waals surface area contributed by atoms with Crippen LogP contribution in [0.4, 0.5) is 8.78 Å². The Morgan fingerprint density at radius 3 is 2.48 bits per heavy atom. The number of carbonyl (C=O) groups is 3. The first-order valence-electron chi connectivity index (χ1n) is 10.5. The van der Waals surface area contributed by atoms with Crippen LogP contribution in [0.15, 0.2) is 42.5 Å². The summed E-state index contributed by atoms with van der Waals surface area (Å²) < 4.78 is 32.0. The van der Waals surface area contributed by atoms with Gasteiger partial charge in [0.05, 0.1) is 25.4 Å². The third kappa shape index (κ3) is 4.45. The summed E-state index contributed by atoms with van der Waals surface area (Å²) in [5, 5.41) is 1.52. The van der Waals surface area contributed by atoms with Crippen LogP contribution in [0, 0.1) is 0 Å². The van der Waals surface area contributed by atoms with Gasteiger partial charge in [-0.3, -0.25) is 24.6 Å². The number of hydrogen-bond acceptors (Lipinski definition) is 6. The topological polar surface area (TPSA) is 79.0 Å². The highest BCUT2D eigenvalue weighted by Crippen LogP contribution is 2.35. The Balaban J connectivity index is 1.22. The fourth-order valence-corrected chi connectivity index (χ4v) is 5.17. The smallest absolute Gasteiger partial charge is 0.272 e. The van der Waals surface area contributed by atoms with Crippen LogP contribution in [0.25, 0.3) is 0 Å². The third-order valence-corrected chi connectivity index (χ3v) is 7.04. The van der Waals surface area contributed by atoms with Crippen molar-refractivity contribution in [3.8, 4) is 5.75 Å². The molecule has 0 bridgehead atoms. The lowest BCUT2D eigenvalue weighted by atomic mass is 10.1. The maximum Gasteiger partial charge on any atom is 0.272 e. The predicted octanol–water partition coefficient (Wildman–Crippen LogP) is 2.39. The zero-order valence-electron chi connectivity index (χ0n) is 17.6. The second kappa shape index (κ2) is 8.42. The molecule has 3 amide bonds. The predicted molar refractivity (Wildman–Crippen MR) is 117 cm³/mol. The number of hydrogen-bond donors (Lipinski definition) is 1. The number of alkyl halides is 2. The van der Waals surface area contributed by atoms with E-state index < -0.39 is 17.2 Å². The van der Waals surface area contributed by atoms with Gasteiger partial charge >= 0.3 is 0 Å². The summed E-state index contributed by atoms with van der Waals surface area (Å²) >= 11 is 1.14. The lowest BCUT2D eigenvalue weighted by Gasteiger charge is -2.38. The molecule has 0 saturated carbocycles. The normalized spacial score (nSPS) is 22.1. The number of thioether (sulfide) groups is 1. The third-order valence-electron chi connectivity index (χ3n) is 5.83. The van der Waals surface area contributed by atoms with Crippen molar-refractivity contribution in [1.82, 2.24) is 15.1 Å². The molecule has 33 heavy (non-hydrogen) atoms. The van der Waals surface area contributed by atoms with E-state index in [0.717, 1.165) is 22.9 Å². The van der Waals surface area contributed by atoms with Crippen LogP contribution >= 0.6 is 11.8 Å². The highest BCUT2D eigenvalue weighted by molar-refractivity contribution is 8.01. The van der Waals surface area contributed by atoms with Crippen LogP contribution in [0.5, 0.6) is 5.75 Å². The number of rotatable bonds is 6. The van der Waals surface area contributed by atoms with Crippen LogP contribution in [-0.4, -0.2) is 57.7 Å². The average Bonchev–Trinajstić information content (AvgIpc) is 3.09. The van der Waals surface area contributed by atoms with E-state index in [0.29, 0.717) is 23.4 Å². The Kier molecular flexibility index (Phi) is 5.57. The van der Waals surface area contributed by atoms with Gasteiger partial charge < -0.3 is 9.64 Å². The summed E-state index contributed by atoms with van der Waals surface area (Å²) in [6, 6.07) is 12.8. The van der Waals surface area contributed by atoms with E-state index in [2.05, 4.69) is 5.32 Å². The molecule has 3 heterocycles. The molecule has 2 fully saturated rings. The minimum Gasteiger partial charge on any atom is -0.489 e. The maximum atomic E-state index is 13.0. The first-order valence-corrected chi connectivity index (χ1v) is 11.5. The quantitative estimate of drug-likeness (QED) is 0.650. The average molecular weight is 474 g/mol. The van der Waals surface area contributed by atoms with Gasteiger partial charge in [0, 0.05) is 17.7 Å². The van der Waals surface area contributed by atoms with Crippen molar-refractivity contribution in [3.63, 3.8) is 0 Å². The molecule has 2 aromatic carbocycles. The molecule has 1 unspecified atom stereocenters. The van der Waals surface area contributed by atoms with Crippen LogP contribution in [0.3, 0.4) is 0 Å². The van der Waals surface area contributed by atoms with Gasteiger partial charge in [0.25, 0.3) is 17.7 Å². The fraction of sp³-hybridized carbons (Fsp3) is 0.348. The van der Waals surface area contributed by atoms with Gasteiger partial charge in [0.15, 0.2) is 5.37 Å². The second-order valence-electron chi connectivity index (χ2n) is 8.40. The second-order valence-corrected chi connectivity index (χ2v) is 9.47. The van der Waals surface area contributed by atoms with Crippen LogP contribution in [-0.2, 0) is 29.3 Å². The molecule has 3 aliphatic rings. The van der Waals surface area contributed by atoms with Crippen molar-refractivity contribution in [1.29, 1.82) is 0 Å². The molecule has 0 radical (unpaired) electrons. The molecule has 172 valence electrons. The Bertz CT molecular complexity index is 1120. The lowest BCUT2D eigenvalue weighted by Crippen LogP contribution is -2.55. The van der Waals surface area contributed by atoms with Gasteiger partial charge in [-0.05, 0) is 23.3 Å². The number of benzene rings is 2. The highest BCUT2D eigenvalue weighted by atomic mass is 32.2. The Labute approximate surface area is 193 Å². The molecule has 0 aromatic heterocycles. The summed E-state index contributed by atoms with van der Waals surface area (Å²) in [6.45, 7) is 0.580. The number of likely N-dealkylation sites (tertiary alicyclic amines) is 1. The first-order chi connectivity index (χ1) is 15.8. The summed E-state index contributed by atoms with van der Waals surface area (Å²) in [4.78, 5) is 39.7. The summed E-state index contributed by atoms with van der Waals surface area (Å²) in [6.07, 6.45) is 0. The molecule has 3 aliphatic heterocycles. The van der Waals surface area contributed by atoms with Crippen LogP contribution < -0.4 is 10.1 Å². The Morgan fingerprint density at radius 2 is 1.79 bits per heavy atom. The number of halogens is 2. The van der Waals surface area contributed by atoms with Crippen molar-refractivity contribution < 1.29 is 27.9 Å². The van der Waals surface area contributed by atoms with E-state index in [4.69, 9.17) is 4.74 Å². The molecule has 1 atom stereocenters. The van der Waals surface area contributed by atoms with E-state index in [1.165, 1.54) is 4.90 Å². The summed E-state index contributed by atoms with van der Waals surface area (Å²) in [5.74, 6) is -3.00. The summed E-state index contributed by atoms with van der Waals surface area (Å²) in [5.41, 5.74) is 3.06. The van der Waals surface area contributed by atoms with E-state index in [1.54, 1.807) is 23.1 Å². The summed E-state index contributed by atoms with van der Waals surface area (Å²) in [7, 11) is 0. The van der Waals surface area contributed by atoms with E-state index in [-0.39, 0.29) is 43.8 Å². The Morgan fingerprint density at radius 1 is 1.06 bits per heavy atom. The van der Waals surface area contributed by atoms with Crippen molar-refractivity contribution in [3.05, 3.63) is 64.7 Å². The number of fused-ring (bicyclic) bond motifs is 1. The minimum absolute atomic E-state index is 0.121. The lowest BCUT2D eigenvalue weighted by molar-refractivity contribution is -0.134. The van der Waals surface area contributed by atoms with Crippen LogP contribution in [0.2, 0.25) is 0 Å². The zero-order valence-corrected chi connectivity index (χ0v) is 18.4. The highest BCUT2D eigenvalue weighted by Gasteiger charge is 2.43. The molecule has 2 aromatic rings. The zero-order chi connectivity index (χ0) is 23.2. The number of amides is 3. The SMILES string of the molecule is O=C1CSC(N2Cc3c(OCc4ccc(CN5CC(F)(F)C5)cc4)cccc3C2=O)C(=O)N1. The molecule has 0 spiro atoms. The number of nitrogens with zero attached hydrogens (tertiary/aromatic N) is 2. The van der Waals surface area contributed by atoms with E-state index in [1.807, 2.05) is 24.3 Å². The minimum atomic E-state index is -2.57. The van der Waals surface area contributed by atoms with Crippen LogP contribution in [0.1, 0.15) is 27.0 Å². The standard InChI is InChI=1S/C23H21F2N3O4S/c24-23(25)12-27(13-23)8-14-4-6-15(7-5-14)10-32-18-3-1-2-16-17(18)9-28(21(16)31)22-20(30)26-19(29)11-33-22/h1-7,22H,8-13H2,(H,26,29,30). The molecule has 2 saturated heterocycles. The van der Waals surface area contributed by atoms with Crippen molar-refractivity contribution in [2.75, 3.05) is 18.8 Å². The number of imide groups is 1. The van der Waals surface area contributed by atoms with Gasteiger partial charge in [0.2, 0.25) is 5.91 Å². The maximum absolute atomic E-state index is 13.0. The van der Waals surface area contributed by atoms with Gasteiger partial charge in [-0.1, -0.05) is 30.3 Å². The first kappa shape index (κ1) is 21.8. The molecule has 0 aliphatic carbocycles. The van der Waals surface area contributed by atoms with E-state index in [9.17, 15) is 23.2 Å². The largest absolute Gasteiger partial charge is 0.489 e. The fourth-order valence-electron chi connectivity index (χ4n) is 4.23. The van der Waals surface area contributed by atoms with Gasteiger partial charge in [-0.2, -0.15) is 0 Å². The molecule has 5 rings (SSSR count). The number of nitrogens with one attached hydrogen (secondary N) is 1. The molecular weight excluding hydrogens is 452 g/mol. The Hall–Kier alpha value is -2.98. The molecule has 7 nitrogen and oxygen atoms in total. The van der Waals surface area contributed by atoms with Gasteiger partial charge in [-0.15, -0.1) is 11.8 Å². The van der Waals surface area contributed by atoms with Gasteiger partial charge in [-0.25, -0.2) is 8.78 Å². The number of ether oxygens (including phenoxy) is 1. The molecule has 1 N–H and O–H groups in total. The molecular formula is C23H21F2N3O4S. The molecule has 10 heteroatoms. The van der Waals surface area contributed by atoms with Crippen molar-refractivity contribution in [2.24, 2.45) is 0 Å². The van der Waals surface area contributed by atoms with E-state index >= 15 is 0 Å². The number of carbonyl (C=O) groups excluding carboxylic acids is 3. The monoisotopic (exact) mass is 473 g/mol. The van der Waals surface area contributed by atoms with Crippen molar-refractivity contribution in [2.45, 2.75) is 31.0 Å². The van der Waals surface area contributed by atoms with Gasteiger partial charge in [0.1, 0.15) is 12.4 Å².